The molecule has 0 unspecified atom stereocenters. The van der Waals surface area contributed by atoms with Crippen molar-refractivity contribution in [1.29, 1.82) is 0 Å². The van der Waals surface area contributed by atoms with E-state index in [9.17, 15) is 4.79 Å². The van der Waals surface area contributed by atoms with Gasteiger partial charge in [0.1, 0.15) is 5.69 Å². The predicted molar refractivity (Wildman–Crippen MR) is 147 cm³/mol. The molecule has 2 aromatic heterocycles. The zero-order valence-electron chi connectivity index (χ0n) is 22.9. The Morgan fingerprint density at radius 3 is 2.75 bits per heavy atom. The zero-order chi connectivity index (χ0) is 28.4. The zero-order valence-corrected chi connectivity index (χ0v) is 23.6. The number of nitrogens with one attached hydrogen (secondary N) is 1. The van der Waals surface area contributed by atoms with Gasteiger partial charge < -0.3 is 19.7 Å². The van der Waals surface area contributed by atoms with E-state index in [-0.39, 0.29) is 24.5 Å². The first-order valence-electron chi connectivity index (χ1n) is 12.8. The fraction of sp³-hybridized carbons (Fsp3) is 0.357. The Morgan fingerprint density at radius 2 is 2.02 bits per heavy atom. The van der Waals surface area contributed by atoms with Gasteiger partial charge in [0, 0.05) is 43.5 Å². The number of amides is 1. The molecule has 0 atom stereocenters. The average Bonchev–Trinajstić information content (AvgIpc) is 3.55. The molecule has 1 aliphatic rings. The lowest BCUT2D eigenvalue weighted by molar-refractivity contribution is 0.0945. The smallest absolute Gasteiger partial charge is 0.255 e. The lowest BCUT2D eigenvalue weighted by atomic mass is 9.97. The minimum absolute atomic E-state index is 0.0614. The summed E-state index contributed by atoms with van der Waals surface area (Å²) in [6.45, 7) is 4.02. The molecule has 0 fully saturated rings. The topological polar surface area (TPSA) is 99.3 Å². The highest BCUT2D eigenvalue weighted by atomic mass is 35.5. The second kappa shape index (κ2) is 11.7. The van der Waals surface area contributed by atoms with E-state index in [0.29, 0.717) is 29.2 Å². The highest BCUT2D eigenvalue weighted by molar-refractivity contribution is 6.32. The van der Waals surface area contributed by atoms with E-state index in [1.807, 2.05) is 6.07 Å². The number of hydrogen-bond donors (Lipinski definition) is 1. The van der Waals surface area contributed by atoms with Crippen LogP contribution in [0, 0.1) is 12.7 Å². The van der Waals surface area contributed by atoms with Gasteiger partial charge in [-0.25, -0.2) is 9.07 Å². The van der Waals surface area contributed by atoms with E-state index in [1.54, 1.807) is 30.1 Å². The summed E-state index contributed by atoms with van der Waals surface area (Å²) in [5.74, 6) is -0.943. The number of ether oxygens (including phenoxy) is 2. The number of likely N-dealkylation sites (N-methyl/N-ethyl adjacent to an activating group) is 1. The number of aromatic nitrogens is 5. The van der Waals surface area contributed by atoms with E-state index in [4.69, 9.17) is 21.1 Å². The summed E-state index contributed by atoms with van der Waals surface area (Å²) in [7, 11) is 5.02. The molecular formula is C28H31ClFN7O3. The largest absolute Gasteiger partial charge is 0.494 e. The summed E-state index contributed by atoms with van der Waals surface area (Å²) in [5, 5.41) is 16.2. The minimum atomic E-state index is -0.588. The van der Waals surface area contributed by atoms with Gasteiger partial charge in [-0.1, -0.05) is 28.9 Å². The molecule has 1 N–H and O–H groups in total. The summed E-state index contributed by atoms with van der Waals surface area (Å²) >= 11 is 6.80. The second-order valence-electron chi connectivity index (χ2n) is 9.85. The molecular weight excluding hydrogens is 537 g/mol. The highest BCUT2D eigenvalue weighted by Crippen LogP contribution is 2.30. The van der Waals surface area contributed by atoms with Crippen LogP contribution in [-0.4, -0.2) is 63.4 Å². The van der Waals surface area contributed by atoms with E-state index < -0.39 is 11.7 Å². The van der Waals surface area contributed by atoms with Crippen LogP contribution in [0.3, 0.4) is 0 Å². The van der Waals surface area contributed by atoms with Crippen LogP contribution in [0.25, 0.3) is 5.69 Å². The normalized spacial score (nSPS) is 13.3. The number of rotatable bonds is 9. The van der Waals surface area contributed by atoms with Gasteiger partial charge in [-0.05, 0) is 49.2 Å². The number of hydrogen-bond acceptors (Lipinski definition) is 7. The van der Waals surface area contributed by atoms with E-state index >= 15 is 4.39 Å². The van der Waals surface area contributed by atoms with E-state index in [0.717, 1.165) is 30.1 Å². The van der Waals surface area contributed by atoms with Gasteiger partial charge in [-0.15, -0.1) is 5.10 Å². The maximum Gasteiger partial charge on any atom is 0.255 e. The van der Waals surface area contributed by atoms with Crippen molar-refractivity contribution in [2.45, 2.75) is 39.6 Å². The summed E-state index contributed by atoms with van der Waals surface area (Å²) in [5.41, 5.74) is 5.45. The van der Waals surface area contributed by atoms with E-state index in [1.165, 1.54) is 36.1 Å². The molecule has 40 heavy (non-hydrogen) atoms. The Morgan fingerprint density at radius 1 is 1.20 bits per heavy atom. The van der Waals surface area contributed by atoms with Crippen molar-refractivity contribution in [3.8, 4) is 11.4 Å². The fourth-order valence-electron chi connectivity index (χ4n) is 4.93. The molecule has 0 spiro atoms. The molecule has 0 bridgehead atoms. The molecule has 0 saturated carbocycles. The molecule has 2 aromatic carbocycles. The first kappa shape index (κ1) is 27.8. The standard InChI is InChI=1S/C28H31ClFN7O3/c1-17-12-37(34-32-17)24-7-8-25(40-4)27(30)21(24)11-31-28(38)22-15-36(33-23(22)16-39-3)14-19-6-5-18-13-35(2)10-9-20(18)26(19)29/h5-8,12,15H,9-11,13-14,16H2,1-4H3,(H,31,38). The Hall–Kier alpha value is -3.80. The summed E-state index contributed by atoms with van der Waals surface area (Å²) in [6.07, 6.45) is 4.23. The van der Waals surface area contributed by atoms with Crippen molar-refractivity contribution in [3.05, 3.63) is 86.7 Å². The third kappa shape index (κ3) is 5.58. The van der Waals surface area contributed by atoms with Gasteiger partial charge in [-0.3, -0.25) is 9.48 Å². The van der Waals surface area contributed by atoms with E-state index in [2.05, 4.69) is 38.7 Å². The molecule has 1 amide bonds. The van der Waals surface area contributed by atoms with Crippen LogP contribution in [0.15, 0.2) is 36.7 Å². The SMILES string of the molecule is COCc1nn(Cc2ccc3c(c2Cl)CCN(C)C3)cc1C(=O)NCc1c(-n2cc(C)nn2)ccc(OC)c1F. The van der Waals surface area contributed by atoms with Gasteiger partial charge in [-0.2, -0.15) is 5.10 Å². The van der Waals surface area contributed by atoms with Gasteiger partial charge in [0.25, 0.3) is 5.91 Å². The fourth-order valence-corrected chi connectivity index (χ4v) is 5.27. The van der Waals surface area contributed by atoms with Gasteiger partial charge in [0.2, 0.25) is 0 Å². The average molecular weight is 568 g/mol. The van der Waals surface area contributed by atoms with Crippen LogP contribution in [0.2, 0.25) is 5.02 Å². The number of methoxy groups -OCH3 is 2. The number of carbonyl (C=O) groups is 1. The van der Waals surface area contributed by atoms with Crippen LogP contribution in [0.5, 0.6) is 5.75 Å². The molecule has 0 aliphatic carbocycles. The Kier molecular flexibility index (Phi) is 8.15. The van der Waals surface area contributed by atoms with Crippen molar-refractivity contribution in [2.75, 3.05) is 27.8 Å². The van der Waals surface area contributed by atoms with Crippen molar-refractivity contribution in [2.24, 2.45) is 0 Å². The van der Waals surface area contributed by atoms with Crippen LogP contribution in [0.4, 0.5) is 4.39 Å². The summed E-state index contributed by atoms with van der Waals surface area (Å²) < 4.78 is 28.9. The molecule has 12 heteroatoms. The molecule has 0 saturated heterocycles. The molecule has 0 radical (unpaired) electrons. The summed E-state index contributed by atoms with van der Waals surface area (Å²) in [4.78, 5) is 15.6. The number of nitrogens with zero attached hydrogens (tertiary/aromatic N) is 6. The number of halogens is 2. The molecule has 10 nitrogen and oxygen atoms in total. The Balaban J connectivity index is 1.39. The van der Waals surface area contributed by atoms with Gasteiger partial charge >= 0.3 is 0 Å². The predicted octanol–water partition coefficient (Wildman–Crippen LogP) is 3.69. The van der Waals surface area contributed by atoms with Gasteiger partial charge in [0.05, 0.1) is 43.4 Å². The maximum atomic E-state index is 15.3. The molecule has 1 aliphatic heterocycles. The third-order valence-corrected chi connectivity index (χ3v) is 7.45. The molecule has 4 aromatic rings. The van der Waals surface area contributed by atoms with Crippen LogP contribution < -0.4 is 10.1 Å². The van der Waals surface area contributed by atoms with Crippen LogP contribution in [-0.2, 0) is 37.4 Å². The van der Waals surface area contributed by atoms with Crippen molar-refractivity contribution in [1.82, 2.24) is 35.0 Å². The molecule has 3 heterocycles. The Bertz CT molecular complexity index is 1550. The van der Waals surface area contributed by atoms with Crippen molar-refractivity contribution < 1.29 is 18.7 Å². The minimum Gasteiger partial charge on any atom is -0.494 e. The number of carbonyl (C=O) groups excluding carboxylic acids is 1. The number of fused-ring (bicyclic) bond motifs is 1. The van der Waals surface area contributed by atoms with Crippen LogP contribution in [0.1, 0.15) is 44.0 Å². The first-order valence-corrected chi connectivity index (χ1v) is 13.2. The lowest BCUT2D eigenvalue weighted by Crippen LogP contribution is -2.27. The Labute approximate surface area is 236 Å². The number of benzene rings is 2. The maximum absolute atomic E-state index is 15.3. The quantitative estimate of drug-likeness (QED) is 0.329. The monoisotopic (exact) mass is 567 g/mol. The van der Waals surface area contributed by atoms with Gasteiger partial charge in [0.15, 0.2) is 11.6 Å². The van der Waals surface area contributed by atoms with Crippen LogP contribution >= 0.6 is 11.6 Å². The molecule has 5 rings (SSSR count). The molecule has 210 valence electrons. The number of aryl methyl sites for hydroxylation is 1. The first-order chi connectivity index (χ1) is 19.3. The van der Waals surface area contributed by atoms with Crippen molar-refractivity contribution >= 4 is 17.5 Å². The summed E-state index contributed by atoms with van der Waals surface area (Å²) in [6, 6.07) is 7.30. The van der Waals surface area contributed by atoms with Crippen molar-refractivity contribution in [3.63, 3.8) is 0 Å². The highest BCUT2D eigenvalue weighted by Gasteiger charge is 2.22. The lowest BCUT2D eigenvalue weighted by Gasteiger charge is -2.26. The third-order valence-electron chi connectivity index (χ3n) is 6.98. The second-order valence-corrected chi connectivity index (χ2v) is 10.2.